The lowest BCUT2D eigenvalue weighted by atomic mass is 10.4. The molecular formula is C8H10ClN3OS2. The predicted octanol–water partition coefficient (Wildman–Crippen LogP) is 1.85. The first-order valence-corrected chi connectivity index (χ1v) is 7.08. The number of nitrogens with zero attached hydrogens (tertiary/aromatic N) is 2. The van der Waals surface area contributed by atoms with E-state index < -0.39 is 10.8 Å². The molecule has 7 heteroatoms. The largest absolute Gasteiger partial charge is 0.358 e. The normalized spacial score (nSPS) is 14.3. The number of halogens is 1. The van der Waals surface area contributed by atoms with Gasteiger partial charge in [-0.15, -0.1) is 0 Å². The van der Waals surface area contributed by atoms with Crippen molar-refractivity contribution in [3.63, 3.8) is 0 Å². The van der Waals surface area contributed by atoms with Gasteiger partial charge in [0.05, 0.1) is 0 Å². The molecule has 2 unspecified atom stereocenters. The molecule has 1 aromatic rings. The van der Waals surface area contributed by atoms with Crippen LogP contribution in [0.2, 0.25) is 5.15 Å². The van der Waals surface area contributed by atoms with Crippen LogP contribution in [0, 0.1) is 11.3 Å². The van der Waals surface area contributed by atoms with E-state index in [1.807, 2.05) is 13.0 Å². The Hall–Kier alpha value is -0.640. The topological polar surface area (TPSA) is 65.8 Å². The lowest BCUT2D eigenvalue weighted by Crippen LogP contribution is -2.22. The molecule has 1 N–H and O–H groups in total. The van der Waals surface area contributed by atoms with Crippen LogP contribution >= 0.6 is 22.9 Å². The van der Waals surface area contributed by atoms with Gasteiger partial charge in [0, 0.05) is 28.9 Å². The van der Waals surface area contributed by atoms with E-state index in [0.29, 0.717) is 15.8 Å². The van der Waals surface area contributed by atoms with E-state index in [9.17, 15) is 4.21 Å². The summed E-state index contributed by atoms with van der Waals surface area (Å²) in [6.45, 7) is 1.91. The minimum absolute atomic E-state index is 0.0459. The van der Waals surface area contributed by atoms with Crippen molar-refractivity contribution in [1.82, 2.24) is 4.98 Å². The molecule has 0 spiro atoms. The maximum atomic E-state index is 10.9. The molecule has 2 atom stereocenters. The van der Waals surface area contributed by atoms with Crippen molar-refractivity contribution in [3.8, 4) is 6.07 Å². The van der Waals surface area contributed by atoms with Gasteiger partial charge in [0.1, 0.15) is 10.9 Å². The quantitative estimate of drug-likeness (QED) is 0.900. The molecule has 4 nitrogen and oxygen atoms in total. The molecule has 1 rings (SSSR count). The Morgan fingerprint density at radius 1 is 1.80 bits per heavy atom. The van der Waals surface area contributed by atoms with Crippen LogP contribution < -0.4 is 5.32 Å². The van der Waals surface area contributed by atoms with Crippen LogP contribution in [0.5, 0.6) is 0 Å². The number of nitriles is 1. The summed E-state index contributed by atoms with van der Waals surface area (Å²) >= 11 is 6.91. The van der Waals surface area contributed by atoms with Crippen LogP contribution in [0.3, 0.4) is 0 Å². The monoisotopic (exact) mass is 263 g/mol. The SMILES string of the molecule is CC(CS(C)=O)Nc1nc(Cl)c(C#N)s1. The highest BCUT2D eigenvalue weighted by Gasteiger charge is 2.11. The van der Waals surface area contributed by atoms with Crippen molar-refractivity contribution in [2.24, 2.45) is 0 Å². The molecule has 1 heterocycles. The van der Waals surface area contributed by atoms with Gasteiger partial charge in [-0.2, -0.15) is 5.26 Å². The number of nitrogens with one attached hydrogen (secondary N) is 1. The van der Waals surface area contributed by atoms with Gasteiger partial charge in [0.2, 0.25) is 0 Å². The van der Waals surface area contributed by atoms with Crippen LogP contribution in [0.15, 0.2) is 0 Å². The highest BCUT2D eigenvalue weighted by molar-refractivity contribution is 7.84. The number of hydrogen-bond acceptors (Lipinski definition) is 5. The first-order valence-electron chi connectivity index (χ1n) is 4.16. The Morgan fingerprint density at radius 2 is 2.47 bits per heavy atom. The van der Waals surface area contributed by atoms with Crippen molar-refractivity contribution in [3.05, 3.63) is 10.0 Å². The van der Waals surface area contributed by atoms with E-state index in [2.05, 4.69) is 10.3 Å². The zero-order valence-corrected chi connectivity index (χ0v) is 10.7. The molecular weight excluding hydrogens is 254 g/mol. The molecule has 1 aromatic heterocycles. The summed E-state index contributed by atoms with van der Waals surface area (Å²) in [5.41, 5.74) is 0. The first-order chi connectivity index (χ1) is 7.02. The predicted molar refractivity (Wildman–Crippen MR) is 63.9 cm³/mol. The fourth-order valence-electron chi connectivity index (χ4n) is 1.04. The summed E-state index contributed by atoms with van der Waals surface area (Å²) < 4.78 is 10.9. The standard InChI is InChI=1S/C8H10ClN3OS2/c1-5(4-15(2)13)11-8-12-7(9)6(3-10)14-8/h5H,4H2,1-2H3,(H,11,12). The van der Waals surface area contributed by atoms with Crippen LogP contribution in [0.1, 0.15) is 11.8 Å². The fourth-order valence-corrected chi connectivity index (χ4v) is 2.88. The molecule has 0 saturated carbocycles. The van der Waals surface area contributed by atoms with Crippen molar-refractivity contribution in [2.75, 3.05) is 17.3 Å². The number of hydrogen-bond donors (Lipinski definition) is 1. The third kappa shape index (κ3) is 3.78. The zero-order valence-electron chi connectivity index (χ0n) is 8.28. The van der Waals surface area contributed by atoms with Crippen molar-refractivity contribution in [2.45, 2.75) is 13.0 Å². The second kappa shape index (κ2) is 5.45. The summed E-state index contributed by atoms with van der Waals surface area (Å²) in [7, 11) is -0.853. The lowest BCUT2D eigenvalue weighted by molar-refractivity contribution is 0.683. The highest BCUT2D eigenvalue weighted by atomic mass is 35.5. The van der Waals surface area contributed by atoms with Crippen molar-refractivity contribution in [1.29, 1.82) is 5.26 Å². The zero-order chi connectivity index (χ0) is 11.4. The molecule has 0 fully saturated rings. The maximum Gasteiger partial charge on any atom is 0.185 e. The minimum atomic E-state index is -0.853. The van der Waals surface area contributed by atoms with Crippen LogP contribution in [0.25, 0.3) is 0 Å². The van der Waals surface area contributed by atoms with Gasteiger partial charge in [-0.25, -0.2) is 4.98 Å². The minimum Gasteiger partial charge on any atom is -0.358 e. The fraction of sp³-hybridized carbons (Fsp3) is 0.500. The Balaban J connectivity index is 2.65. The van der Waals surface area contributed by atoms with E-state index in [1.165, 1.54) is 11.3 Å². The van der Waals surface area contributed by atoms with Crippen LogP contribution in [-0.2, 0) is 10.8 Å². The van der Waals surface area contributed by atoms with E-state index in [4.69, 9.17) is 16.9 Å². The average molecular weight is 264 g/mol. The molecule has 15 heavy (non-hydrogen) atoms. The van der Waals surface area contributed by atoms with Gasteiger partial charge in [-0.3, -0.25) is 4.21 Å². The van der Waals surface area contributed by atoms with Gasteiger partial charge in [-0.05, 0) is 6.92 Å². The summed E-state index contributed by atoms with van der Waals surface area (Å²) in [5, 5.41) is 12.5. The molecule has 0 saturated heterocycles. The number of anilines is 1. The second-order valence-corrected chi connectivity index (χ2v) is 5.87. The van der Waals surface area contributed by atoms with Gasteiger partial charge < -0.3 is 5.32 Å². The van der Waals surface area contributed by atoms with Crippen LogP contribution in [-0.4, -0.2) is 27.2 Å². The molecule has 82 valence electrons. The smallest absolute Gasteiger partial charge is 0.185 e. The van der Waals surface area contributed by atoms with Crippen LogP contribution in [0.4, 0.5) is 5.13 Å². The second-order valence-electron chi connectivity index (χ2n) is 3.04. The lowest BCUT2D eigenvalue weighted by Gasteiger charge is -2.09. The number of aromatic nitrogens is 1. The molecule has 0 aromatic carbocycles. The Labute approximate surface area is 99.7 Å². The summed E-state index contributed by atoms with van der Waals surface area (Å²) in [6, 6.07) is 2.00. The molecule has 0 aliphatic carbocycles. The molecule has 0 radical (unpaired) electrons. The van der Waals surface area contributed by atoms with E-state index in [1.54, 1.807) is 6.26 Å². The number of rotatable bonds is 4. The van der Waals surface area contributed by atoms with Crippen molar-refractivity contribution >= 4 is 38.9 Å². The van der Waals surface area contributed by atoms with Crippen molar-refractivity contribution < 1.29 is 4.21 Å². The van der Waals surface area contributed by atoms with E-state index >= 15 is 0 Å². The Bertz CT molecular complexity index is 413. The first kappa shape index (κ1) is 12.4. The van der Waals surface area contributed by atoms with Gasteiger partial charge in [0.15, 0.2) is 10.3 Å². The molecule has 0 aliphatic heterocycles. The van der Waals surface area contributed by atoms with Gasteiger partial charge in [0.25, 0.3) is 0 Å². The summed E-state index contributed by atoms with van der Waals surface area (Å²) in [5.74, 6) is 0.541. The molecule has 0 aliphatic rings. The highest BCUT2D eigenvalue weighted by Crippen LogP contribution is 2.26. The van der Waals surface area contributed by atoms with E-state index in [-0.39, 0.29) is 11.2 Å². The molecule has 0 amide bonds. The third-order valence-corrected chi connectivity index (χ3v) is 3.79. The van der Waals surface area contributed by atoms with E-state index in [0.717, 1.165) is 0 Å². The maximum absolute atomic E-state index is 10.9. The average Bonchev–Trinajstić information content (AvgIpc) is 2.44. The number of thiazole rings is 1. The van der Waals surface area contributed by atoms with Gasteiger partial charge >= 0.3 is 0 Å². The molecule has 0 bridgehead atoms. The summed E-state index contributed by atoms with van der Waals surface area (Å²) in [6.07, 6.45) is 1.65. The van der Waals surface area contributed by atoms with Gasteiger partial charge in [-0.1, -0.05) is 22.9 Å². The Morgan fingerprint density at radius 3 is 2.93 bits per heavy atom. The third-order valence-electron chi connectivity index (χ3n) is 1.54. The Kier molecular flexibility index (Phi) is 4.51. The summed E-state index contributed by atoms with van der Waals surface area (Å²) in [4.78, 5) is 4.37.